The normalized spacial score (nSPS) is 34.8. The maximum atomic E-state index is 14.6. The maximum absolute atomic E-state index is 14.6. The molecular weight excluding hydrogens is 345 g/mol. The second kappa shape index (κ2) is 8.65. The number of aliphatic hydroxyl groups is 4. The molecule has 0 aliphatic carbocycles. The molecule has 0 radical (unpaired) electrons. The van der Waals surface area contributed by atoms with Crippen LogP contribution in [-0.2, 0) is 19.1 Å². The first-order valence-corrected chi connectivity index (χ1v) is 7.34. The number of rotatable bonds is 8. The van der Waals surface area contributed by atoms with Gasteiger partial charge in [-0.15, -0.1) is 6.58 Å². The zero-order chi connectivity index (χ0) is 19.4. The molecule has 10 nitrogen and oxygen atoms in total. The summed E-state index contributed by atoms with van der Waals surface area (Å²) in [5.41, 5.74) is 0. The van der Waals surface area contributed by atoms with E-state index in [2.05, 4.69) is 11.9 Å². The van der Waals surface area contributed by atoms with E-state index in [-0.39, 0.29) is 0 Å². The van der Waals surface area contributed by atoms with Gasteiger partial charge in [-0.05, 0) is 0 Å². The number of hydrogen-bond donors (Lipinski definition) is 6. The van der Waals surface area contributed by atoms with Crippen LogP contribution in [0, 0.1) is 0 Å². The van der Waals surface area contributed by atoms with Crippen molar-refractivity contribution in [1.29, 1.82) is 0 Å². The van der Waals surface area contributed by atoms with E-state index in [0.717, 1.165) is 13.0 Å². The van der Waals surface area contributed by atoms with Crippen LogP contribution in [-0.4, -0.2) is 93.0 Å². The minimum Gasteiger partial charge on any atom is -0.477 e. The molecule has 7 atom stereocenters. The van der Waals surface area contributed by atoms with Gasteiger partial charge in [0.15, 0.2) is 6.17 Å². The fourth-order valence-corrected chi connectivity index (χ4v) is 2.48. The lowest BCUT2D eigenvalue weighted by Gasteiger charge is -2.48. The topological polar surface area (TPSA) is 166 Å². The number of ether oxygens (including phenoxy) is 2. The molecule has 1 heterocycles. The number of carboxylic acids is 1. The zero-order valence-corrected chi connectivity index (χ0v) is 13.4. The molecule has 0 aromatic rings. The number of nitrogens with one attached hydrogen (secondary N) is 1. The Bertz CT molecular complexity index is 505. The van der Waals surface area contributed by atoms with Gasteiger partial charge in [0.1, 0.15) is 24.4 Å². The highest BCUT2D eigenvalue weighted by Gasteiger charge is 2.63. The fourth-order valence-electron chi connectivity index (χ4n) is 2.48. The van der Waals surface area contributed by atoms with Gasteiger partial charge in [0, 0.05) is 6.92 Å². The Morgan fingerprint density at radius 1 is 1.48 bits per heavy atom. The van der Waals surface area contributed by atoms with E-state index in [4.69, 9.17) is 14.6 Å². The molecule has 0 bridgehead atoms. The first-order valence-electron chi connectivity index (χ1n) is 7.34. The van der Waals surface area contributed by atoms with Gasteiger partial charge in [0.2, 0.25) is 5.91 Å². The van der Waals surface area contributed by atoms with Crippen LogP contribution in [0.2, 0.25) is 0 Å². The van der Waals surface area contributed by atoms with Crippen molar-refractivity contribution in [2.45, 2.75) is 49.3 Å². The Kier molecular flexibility index (Phi) is 7.41. The first-order chi connectivity index (χ1) is 11.6. The van der Waals surface area contributed by atoms with Crippen LogP contribution in [0.5, 0.6) is 0 Å². The van der Waals surface area contributed by atoms with Crippen LogP contribution in [0.15, 0.2) is 12.7 Å². The number of aliphatic carboxylic acids is 1. The molecule has 0 unspecified atom stereocenters. The first kappa shape index (κ1) is 21.4. The Morgan fingerprint density at radius 3 is 2.52 bits per heavy atom. The average molecular weight is 367 g/mol. The third-order valence-corrected chi connectivity index (χ3v) is 3.70. The van der Waals surface area contributed by atoms with E-state index in [9.17, 15) is 34.4 Å². The van der Waals surface area contributed by atoms with Gasteiger partial charge in [-0.25, -0.2) is 9.18 Å². The summed E-state index contributed by atoms with van der Waals surface area (Å²) in [6.45, 7) is 2.94. The van der Waals surface area contributed by atoms with E-state index >= 15 is 0 Å². The van der Waals surface area contributed by atoms with Gasteiger partial charge in [0.05, 0.1) is 19.3 Å². The minimum atomic E-state index is -3.01. The molecule has 1 aliphatic heterocycles. The number of carbonyl (C=O) groups is 2. The van der Waals surface area contributed by atoms with Crippen LogP contribution < -0.4 is 5.32 Å². The molecule has 25 heavy (non-hydrogen) atoms. The quantitative estimate of drug-likeness (QED) is 0.250. The molecular formula is C14H22FNO9. The fraction of sp³-hybridized carbons (Fsp3) is 0.714. The Balaban J connectivity index is 3.32. The highest BCUT2D eigenvalue weighted by Crippen LogP contribution is 2.35. The van der Waals surface area contributed by atoms with E-state index < -0.39 is 67.5 Å². The van der Waals surface area contributed by atoms with Crippen molar-refractivity contribution in [2.24, 2.45) is 0 Å². The van der Waals surface area contributed by atoms with Gasteiger partial charge in [-0.2, -0.15) is 0 Å². The molecule has 1 amide bonds. The average Bonchev–Trinajstić information content (AvgIpc) is 2.56. The molecule has 1 saturated heterocycles. The Hall–Kier alpha value is -1.63. The van der Waals surface area contributed by atoms with Gasteiger partial charge in [-0.3, -0.25) is 4.79 Å². The van der Waals surface area contributed by atoms with Crippen LogP contribution in [0.4, 0.5) is 4.39 Å². The Morgan fingerprint density at radius 2 is 2.08 bits per heavy atom. The number of carboxylic acid groups (broad SMARTS) is 1. The highest BCUT2D eigenvalue weighted by molar-refractivity contribution is 5.77. The predicted molar refractivity (Wildman–Crippen MR) is 79.0 cm³/mol. The number of amides is 1. The zero-order valence-electron chi connectivity index (χ0n) is 13.4. The summed E-state index contributed by atoms with van der Waals surface area (Å²) >= 11 is 0. The van der Waals surface area contributed by atoms with Crippen LogP contribution >= 0.6 is 0 Å². The third kappa shape index (κ3) is 4.32. The van der Waals surface area contributed by atoms with E-state index in [1.807, 2.05) is 0 Å². The van der Waals surface area contributed by atoms with Crippen molar-refractivity contribution in [3.63, 3.8) is 0 Å². The number of hydrogen-bond acceptors (Lipinski definition) is 8. The molecule has 0 aromatic heterocycles. The smallest absolute Gasteiger partial charge is 0.367 e. The van der Waals surface area contributed by atoms with Crippen molar-refractivity contribution in [1.82, 2.24) is 5.32 Å². The largest absolute Gasteiger partial charge is 0.477 e. The maximum Gasteiger partial charge on any atom is 0.367 e. The van der Waals surface area contributed by atoms with Crippen molar-refractivity contribution < 1.29 is 49.0 Å². The summed E-state index contributed by atoms with van der Waals surface area (Å²) in [5.74, 6) is -5.67. The number of aliphatic hydroxyl groups excluding tert-OH is 4. The van der Waals surface area contributed by atoms with Gasteiger partial charge >= 0.3 is 11.8 Å². The van der Waals surface area contributed by atoms with Crippen molar-refractivity contribution in [2.75, 3.05) is 13.2 Å². The molecule has 0 aromatic carbocycles. The molecule has 0 spiro atoms. The predicted octanol–water partition coefficient (Wildman–Crippen LogP) is -2.71. The molecule has 144 valence electrons. The standard InChI is InChI=1S/C14H22FNO9/c1-3-4-24-14(13(22)23)12(15)10(21)8(16-6(2)18)11(25-14)9(20)7(19)5-17/h3,7-12,17,19-21H,1,4-5H2,2H3,(H,16,18)(H,22,23)/t7-,8-,9-,10-,11-,12-,14-/m1/s1. The molecule has 6 N–H and O–H groups in total. The molecule has 1 fully saturated rings. The molecule has 11 heteroatoms. The van der Waals surface area contributed by atoms with E-state index in [0.29, 0.717) is 0 Å². The summed E-state index contributed by atoms with van der Waals surface area (Å²) in [7, 11) is 0. The highest BCUT2D eigenvalue weighted by atomic mass is 19.1. The van der Waals surface area contributed by atoms with Crippen LogP contribution in [0.3, 0.4) is 0 Å². The monoisotopic (exact) mass is 367 g/mol. The summed E-state index contributed by atoms with van der Waals surface area (Å²) in [6, 6.07) is -1.61. The SMILES string of the molecule is C=CCO[C@@]1(C(=O)O)O[C@@H]([C@H](O)[C@H](O)CO)[C@H](NC(C)=O)[C@@H](O)[C@H]1F. The minimum absolute atomic E-state index is 0.463. The van der Waals surface area contributed by atoms with E-state index in [1.165, 1.54) is 0 Å². The lowest BCUT2D eigenvalue weighted by molar-refractivity contribution is -0.333. The molecule has 1 rings (SSSR count). The number of halogens is 1. The summed E-state index contributed by atoms with van der Waals surface area (Å²) in [4.78, 5) is 22.8. The van der Waals surface area contributed by atoms with Crippen molar-refractivity contribution >= 4 is 11.9 Å². The number of alkyl halides is 1. The van der Waals surface area contributed by atoms with Gasteiger partial charge in [-0.1, -0.05) is 6.08 Å². The second-order valence-electron chi connectivity index (χ2n) is 5.51. The van der Waals surface area contributed by atoms with Crippen molar-refractivity contribution in [3.05, 3.63) is 12.7 Å². The lowest BCUT2D eigenvalue weighted by Crippen LogP contribution is -2.73. The van der Waals surface area contributed by atoms with Crippen molar-refractivity contribution in [3.8, 4) is 0 Å². The van der Waals surface area contributed by atoms with E-state index in [1.54, 1.807) is 0 Å². The second-order valence-corrected chi connectivity index (χ2v) is 5.51. The number of carbonyl (C=O) groups excluding carboxylic acids is 1. The lowest BCUT2D eigenvalue weighted by atomic mass is 9.87. The van der Waals surface area contributed by atoms with Gasteiger partial charge < -0.3 is 40.3 Å². The van der Waals surface area contributed by atoms with Gasteiger partial charge in [0.25, 0.3) is 0 Å². The molecule has 1 aliphatic rings. The van der Waals surface area contributed by atoms with Crippen LogP contribution in [0.25, 0.3) is 0 Å². The van der Waals surface area contributed by atoms with Crippen LogP contribution in [0.1, 0.15) is 6.92 Å². The third-order valence-electron chi connectivity index (χ3n) is 3.70. The Labute approximate surface area is 142 Å². The molecule has 0 saturated carbocycles. The summed E-state index contributed by atoms with van der Waals surface area (Å²) < 4.78 is 24.6. The summed E-state index contributed by atoms with van der Waals surface area (Å²) in [5, 5.41) is 50.3. The summed E-state index contributed by atoms with van der Waals surface area (Å²) in [6.07, 6.45) is -9.25.